The zero-order valence-corrected chi connectivity index (χ0v) is 22.9. The SMILES string of the molecule is Cc1nn(Cn2ccc(C(=O)Nc3c(C(N)=O)sc4nc(C(F)F)cc(-c5cnn(C)c5C)c34)n2)c(C)c1[N+](=O)[O-]. The summed E-state index contributed by atoms with van der Waals surface area (Å²) in [4.78, 5) is 40.5. The van der Waals surface area contributed by atoms with Gasteiger partial charge in [0.2, 0.25) is 0 Å². The van der Waals surface area contributed by atoms with Gasteiger partial charge in [0.1, 0.15) is 33.5 Å². The minimum atomic E-state index is -2.89. The van der Waals surface area contributed by atoms with Crippen LogP contribution in [0.25, 0.3) is 21.3 Å². The fraction of sp³-hybridized carbons (Fsp3) is 0.250. The first-order valence-corrected chi connectivity index (χ1v) is 12.8. The lowest BCUT2D eigenvalue weighted by molar-refractivity contribution is -0.386. The lowest BCUT2D eigenvalue weighted by atomic mass is 10.0. The average Bonchev–Trinajstić information content (AvgIpc) is 3.66. The lowest BCUT2D eigenvalue weighted by Gasteiger charge is -2.10. The van der Waals surface area contributed by atoms with Gasteiger partial charge in [-0.15, -0.1) is 11.3 Å². The zero-order chi connectivity index (χ0) is 29.7. The Kier molecular flexibility index (Phi) is 6.82. The van der Waals surface area contributed by atoms with Crippen molar-refractivity contribution < 1.29 is 23.3 Å². The molecule has 0 saturated carbocycles. The summed E-state index contributed by atoms with van der Waals surface area (Å²) in [6.45, 7) is 4.82. The zero-order valence-electron chi connectivity index (χ0n) is 22.0. The summed E-state index contributed by atoms with van der Waals surface area (Å²) in [5.41, 5.74) is 6.97. The fourth-order valence-corrected chi connectivity index (χ4v) is 5.48. The van der Waals surface area contributed by atoms with Crippen molar-refractivity contribution in [3.8, 4) is 11.1 Å². The van der Waals surface area contributed by atoms with Crippen molar-refractivity contribution in [1.82, 2.24) is 34.3 Å². The topological polar surface area (TPSA) is 182 Å². The number of carbonyl (C=O) groups excluding carboxylic acids is 2. The summed E-state index contributed by atoms with van der Waals surface area (Å²) in [7, 11) is 1.69. The molecule has 0 aromatic carbocycles. The minimum absolute atomic E-state index is 0.00747. The molecule has 2 amide bonds. The number of thiophene rings is 1. The van der Waals surface area contributed by atoms with E-state index >= 15 is 0 Å². The molecule has 3 N–H and O–H groups in total. The molecule has 0 aliphatic carbocycles. The van der Waals surface area contributed by atoms with Crippen LogP contribution in [0.3, 0.4) is 0 Å². The Bertz CT molecular complexity index is 1870. The second-order valence-electron chi connectivity index (χ2n) is 9.13. The van der Waals surface area contributed by atoms with Crippen LogP contribution in [0.4, 0.5) is 20.2 Å². The van der Waals surface area contributed by atoms with Crippen molar-refractivity contribution in [2.45, 2.75) is 33.9 Å². The number of carbonyl (C=O) groups is 2. The number of pyridine rings is 1. The van der Waals surface area contributed by atoms with Crippen molar-refractivity contribution in [1.29, 1.82) is 0 Å². The number of nitro groups is 1. The van der Waals surface area contributed by atoms with Gasteiger partial charge in [0.15, 0.2) is 5.69 Å². The smallest absolute Gasteiger partial charge is 0.312 e. The molecule has 0 saturated heterocycles. The van der Waals surface area contributed by atoms with Crippen LogP contribution in [-0.4, -0.2) is 51.1 Å². The highest BCUT2D eigenvalue weighted by Gasteiger charge is 2.27. The predicted octanol–water partition coefficient (Wildman–Crippen LogP) is 3.72. The number of fused-ring (bicyclic) bond motifs is 1. The normalized spacial score (nSPS) is 11.5. The number of alkyl halides is 2. The summed E-state index contributed by atoms with van der Waals surface area (Å²) >= 11 is 0.784. The van der Waals surface area contributed by atoms with Crippen molar-refractivity contribution in [3.63, 3.8) is 0 Å². The maximum Gasteiger partial charge on any atom is 0.312 e. The molecular formula is C24H22F2N10O4S. The van der Waals surface area contributed by atoms with Gasteiger partial charge in [0.25, 0.3) is 18.2 Å². The van der Waals surface area contributed by atoms with Gasteiger partial charge in [0, 0.05) is 29.9 Å². The minimum Gasteiger partial charge on any atom is -0.365 e. The van der Waals surface area contributed by atoms with E-state index in [1.165, 1.54) is 40.8 Å². The summed E-state index contributed by atoms with van der Waals surface area (Å²) in [5, 5.41) is 26.8. The second kappa shape index (κ2) is 10.2. The van der Waals surface area contributed by atoms with Gasteiger partial charge in [-0.25, -0.2) is 18.4 Å². The molecule has 17 heteroatoms. The third-order valence-electron chi connectivity index (χ3n) is 6.57. The molecule has 0 spiro atoms. The van der Waals surface area contributed by atoms with Crippen LogP contribution >= 0.6 is 11.3 Å². The summed E-state index contributed by atoms with van der Waals surface area (Å²) in [5.74, 6) is -1.59. The molecule has 5 aromatic rings. The van der Waals surface area contributed by atoms with E-state index in [-0.39, 0.29) is 44.5 Å². The third-order valence-corrected chi connectivity index (χ3v) is 7.67. The Morgan fingerprint density at radius 3 is 2.51 bits per heavy atom. The van der Waals surface area contributed by atoms with E-state index in [0.717, 1.165) is 11.3 Å². The fourth-order valence-electron chi connectivity index (χ4n) is 4.46. The van der Waals surface area contributed by atoms with E-state index in [0.29, 0.717) is 22.5 Å². The highest BCUT2D eigenvalue weighted by atomic mass is 32.1. The van der Waals surface area contributed by atoms with Crippen LogP contribution in [0, 0.1) is 30.9 Å². The number of nitrogens with one attached hydrogen (secondary N) is 1. The van der Waals surface area contributed by atoms with E-state index in [1.807, 2.05) is 0 Å². The van der Waals surface area contributed by atoms with Gasteiger partial charge >= 0.3 is 5.69 Å². The molecule has 0 aliphatic rings. The number of hydrogen-bond donors (Lipinski definition) is 2. The van der Waals surface area contributed by atoms with Crippen molar-refractivity contribution in [2.24, 2.45) is 12.8 Å². The number of rotatable bonds is 8. The number of nitrogens with two attached hydrogens (primary N) is 1. The Morgan fingerprint density at radius 1 is 1.20 bits per heavy atom. The van der Waals surface area contributed by atoms with Gasteiger partial charge in [-0.05, 0) is 38.5 Å². The van der Waals surface area contributed by atoms with Crippen molar-refractivity contribution in [3.05, 3.63) is 68.0 Å². The van der Waals surface area contributed by atoms with Gasteiger partial charge in [-0.2, -0.15) is 15.3 Å². The number of aryl methyl sites for hydroxylation is 2. The largest absolute Gasteiger partial charge is 0.365 e. The van der Waals surface area contributed by atoms with Gasteiger partial charge in [-0.3, -0.25) is 29.1 Å². The van der Waals surface area contributed by atoms with Gasteiger partial charge in [-0.1, -0.05) is 0 Å². The molecule has 0 aliphatic heterocycles. The van der Waals surface area contributed by atoms with E-state index in [4.69, 9.17) is 5.73 Å². The molecule has 212 valence electrons. The lowest BCUT2D eigenvalue weighted by Crippen LogP contribution is -2.18. The number of anilines is 1. The number of primary amides is 1. The first-order valence-electron chi connectivity index (χ1n) is 11.9. The molecule has 0 unspecified atom stereocenters. The molecule has 14 nitrogen and oxygen atoms in total. The molecule has 41 heavy (non-hydrogen) atoms. The molecule has 5 rings (SSSR count). The maximum atomic E-state index is 13.8. The summed E-state index contributed by atoms with van der Waals surface area (Å²) in [6, 6.07) is 2.61. The van der Waals surface area contributed by atoms with Crippen LogP contribution < -0.4 is 11.1 Å². The summed E-state index contributed by atoms with van der Waals surface area (Å²) < 4.78 is 31.8. The van der Waals surface area contributed by atoms with E-state index < -0.39 is 28.9 Å². The Balaban J connectivity index is 1.55. The molecular weight excluding hydrogens is 562 g/mol. The molecule has 5 aromatic heterocycles. The molecule has 0 atom stereocenters. The number of aromatic nitrogens is 7. The molecule has 0 radical (unpaired) electrons. The van der Waals surface area contributed by atoms with Crippen molar-refractivity contribution in [2.75, 3.05) is 5.32 Å². The quantitative estimate of drug-likeness (QED) is 0.204. The number of hydrogen-bond acceptors (Lipinski definition) is 9. The monoisotopic (exact) mass is 584 g/mol. The van der Waals surface area contributed by atoms with Crippen LogP contribution in [0.5, 0.6) is 0 Å². The first-order chi connectivity index (χ1) is 19.4. The Morgan fingerprint density at radius 2 is 1.93 bits per heavy atom. The highest BCUT2D eigenvalue weighted by molar-refractivity contribution is 7.21. The first kappa shape index (κ1) is 27.5. The Labute approximate surface area is 233 Å². The number of nitrogens with zero attached hydrogens (tertiary/aromatic N) is 8. The van der Waals surface area contributed by atoms with E-state index in [9.17, 15) is 28.5 Å². The molecule has 5 heterocycles. The molecule has 0 fully saturated rings. The standard InChI is InChI=1S/C24H22F2N10O4S/c1-10-19(36(39)40)12(3)35(31-10)9-34-6-5-15(32-34)23(38)30-18-17-13(14-8-28-33(4)11(14)2)7-16(21(25)26)29-24(17)41-20(18)22(27)37/h5-8,21H,9H2,1-4H3,(H2,27,37)(H,30,38). The Hall–Kier alpha value is -5.06. The van der Waals surface area contributed by atoms with E-state index in [1.54, 1.807) is 25.6 Å². The van der Waals surface area contributed by atoms with Crippen LogP contribution in [0.2, 0.25) is 0 Å². The molecule has 0 bridgehead atoms. The maximum absolute atomic E-state index is 13.8. The van der Waals surface area contributed by atoms with Gasteiger partial charge < -0.3 is 11.1 Å². The second-order valence-corrected chi connectivity index (χ2v) is 10.1. The summed E-state index contributed by atoms with van der Waals surface area (Å²) in [6.07, 6.45) is 0.0935. The predicted molar refractivity (Wildman–Crippen MR) is 144 cm³/mol. The van der Waals surface area contributed by atoms with Crippen LogP contribution in [-0.2, 0) is 13.7 Å². The van der Waals surface area contributed by atoms with Crippen molar-refractivity contribution >= 4 is 44.7 Å². The number of amides is 2. The van der Waals surface area contributed by atoms with Crippen LogP contribution in [0.15, 0.2) is 24.5 Å². The van der Waals surface area contributed by atoms with E-state index in [2.05, 4.69) is 25.6 Å². The van der Waals surface area contributed by atoms with Crippen LogP contribution in [0.1, 0.15) is 49.4 Å². The number of halogens is 2. The highest BCUT2D eigenvalue weighted by Crippen LogP contribution is 2.43. The average molecular weight is 585 g/mol. The third kappa shape index (κ3) is 4.79. The van der Waals surface area contributed by atoms with Gasteiger partial charge in [0.05, 0.1) is 16.8 Å².